The van der Waals surface area contributed by atoms with Gasteiger partial charge in [0.1, 0.15) is 17.7 Å². The number of phenols is 1. The first kappa shape index (κ1) is 20.6. The lowest BCUT2D eigenvalue weighted by Gasteiger charge is -2.31. The molecule has 0 aliphatic carbocycles. The molecule has 0 aromatic heterocycles. The zero-order chi connectivity index (χ0) is 21.1. The van der Waals surface area contributed by atoms with Crippen molar-refractivity contribution in [2.45, 2.75) is 32.0 Å². The highest BCUT2D eigenvalue weighted by molar-refractivity contribution is 9.10. The van der Waals surface area contributed by atoms with Gasteiger partial charge in [0.05, 0.1) is 7.11 Å². The van der Waals surface area contributed by atoms with E-state index in [1.165, 1.54) is 5.56 Å². The minimum atomic E-state index is -0.295. The molecule has 2 unspecified atom stereocenters. The van der Waals surface area contributed by atoms with Crippen LogP contribution in [0.3, 0.4) is 0 Å². The molecular formula is C25H25BrN2O2. The van der Waals surface area contributed by atoms with Crippen LogP contribution in [0, 0.1) is 0 Å². The zero-order valence-corrected chi connectivity index (χ0v) is 18.7. The summed E-state index contributed by atoms with van der Waals surface area (Å²) in [6.07, 6.45) is 1.40. The number of aromatic hydroxyl groups is 1. The number of para-hydroxylation sites is 1. The number of hydrogen-bond donors (Lipinski definition) is 2. The van der Waals surface area contributed by atoms with Crippen molar-refractivity contribution in [2.24, 2.45) is 4.99 Å². The molecule has 1 aliphatic rings. The minimum Gasteiger partial charge on any atom is -0.508 e. The third-order valence-corrected chi connectivity index (χ3v) is 6.03. The van der Waals surface area contributed by atoms with Gasteiger partial charge in [0.15, 0.2) is 0 Å². The van der Waals surface area contributed by atoms with Crippen molar-refractivity contribution in [1.29, 1.82) is 0 Å². The highest BCUT2D eigenvalue weighted by atomic mass is 79.9. The molecule has 3 aromatic rings. The van der Waals surface area contributed by atoms with Crippen LogP contribution in [-0.2, 0) is 6.42 Å². The third-order valence-electron chi connectivity index (χ3n) is 5.54. The standard InChI is InChI=1S/C25H25BrN2O2/c1-3-16-8-10-17(11-9-16)21-15-22(19-6-4-5-7-23(19)29)28-25(27-21)20-14-18(26)12-13-24(20)30-2/h4-14,22,25,28-29H,3,15H2,1-2H3. The van der Waals surface area contributed by atoms with Crippen molar-refractivity contribution in [1.82, 2.24) is 5.32 Å². The number of benzene rings is 3. The summed E-state index contributed by atoms with van der Waals surface area (Å²) >= 11 is 3.57. The quantitative estimate of drug-likeness (QED) is 0.490. The molecule has 0 fully saturated rings. The summed E-state index contributed by atoms with van der Waals surface area (Å²) in [6.45, 7) is 2.15. The van der Waals surface area contributed by atoms with E-state index in [0.29, 0.717) is 6.42 Å². The minimum absolute atomic E-state index is 0.0711. The molecule has 4 nitrogen and oxygen atoms in total. The van der Waals surface area contributed by atoms with Gasteiger partial charge in [0, 0.05) is 33.8 Å². The summed E-state index contributed by atoms with van der Waals surface area (Å²) < 4.78 is 6.58. The molecule has 1 aliphatic heterocycles. The summed E-state index contributed by atoms with van der Waals surface area (Å²) in [7, 11) is 1.67. The summed E-state index contributed by atoms with van der Waals surface area (Å²) in [5, 5.41) is 14.1. The van der Waals surface area contributed by atoms with Crippen molar-refractivity contribution in [2.75, 3.05) is 7.11 Å². The topological polar surface area (TPSA) is 53.8 Å². The van der Waals surface area contributed by atoms with Crippen LogP contribution in [0.5, 0.6) is 11.5 Å². The lowest BCUT2D eigenvalue weighted by molar-refractivity contribution is 0.381. The Balaban J connectivity index is 1.79. The molecule has 5 heteroatoms. The van der Waals surface area contributed by atoms with Gasteiger partial charge in [-0.25, -0.2) is 0 Å². The van der Waals surface area contributed by atoms with Crippen molar-refractivity contribution < 1.29 is 9.84 Å². The fourth-order valence-corrected chi connectivity index (χ4v) is 4.25. The molecule has 0 radical (unpaired) electrons. The Kier molecular flexibility index (Phi) is 6.21. The SMILES string of the molecule is CCc1ccc(C2=NC(c3cc(Br)ccc3OC)NC(c3ccccc3O)C2)cc1. The van der Waals surface area contributed by atoms with Crippen molar-refractivity contribution in [3.05, 3.63) is 93.5 Å². The second-order valence-electron chi connectivity index (χ2n) is 7.40. The summed E-state index contributed by atoms with van der Waals surface area (Å²) in [4.78, 5) is 5.06. The molecule has 1 heterocycles. The molecular weight excluding hydrogens is 440 g/mol. The Morgan fingerprint density at radius 3 is 2.53 bits per heavy atom. The van der Waals surface area contributed by atoms with Crippen LogP contribution < -0.4 is 10.1 Å². The fourth-order valence-electron chi connectivity index (χ4n) is 3.87. The second-order valence-corrected chi connectivity index (χ2v) is 8.31. The number of rotatable bonds is 5. The van der Waals surface area contributed by atoms with Gasteiger partial charge in [0.25, 0.3) is 0 Å². The fraction of sp³-hybridized carbons (Fsp3) is 0.240. The maximum absolute atomic E-state index is 10.5. The molecule has 3 aromatic carbocycles. The number of nitrogens with one attached hydrogen (secondary N) is 1. The lowest BCUT2D eigenvalue weighted by Crippen LogP contribution is -2.33. The van der Waals surface area contributed by atoms with Gasteiger partial charge in [-0.2, -0.15) is 0 Å². The van der Waals surface area contributed by atoms with Crippen LogP contribution in [0.2, 0.25) is 0 Å². The number of methoxy groups -OCH3 is 1. The molecule has 2 atom stereocenters. The van der Waals surface area contributed by atoms with Gasteiger partial charge >= 0.3 is 0 Å². The van der Waals surface area contributed by atoms with Gasteiger partial charge in [-0.15, -0.1) is 0 Å². The van der Waals surface area contributed by atoms with Crippen LogP contribution in [0.25, 0.3) is 0 Å². The molecule has 154 valence electrons. The van der Waals surface area contributed by atoms with Gasteiger partial charge in [-0.3, -0.25) is 10.3 Å². The van der Waals surface area contributed by atoms with Crippen LogP contribution in [0.4, 0.5) is 0 Å². The predicted octanol–water partition coefficient (Wildman–Crippen LogP) is 5.95. The monoisotopic (exact) mass is 464 g/mol. The van der Waals surface area contributed by atoms with E-state index in [0.717, 1.165) is 39.0 Å². The van der Waals surface area contributed by atoms with E-state index in [4.69, 9.17) is 9.73 Å². The highest BCUT2D eigenvalue weighted by Crippen LogP contribution is 2.37. The number of ether oxygens (including phenoxy) is 1. The van der Waals surface area contributed by atoms with Crippen LogP contribution >= 0.6 is 15.9 Å². The Bertz CT molecular complexity index is 1060. The van der Waals surface area contributed by atoms with E-state index in [9.17, 15) is 5.11 Å². The normalized spacial score (nSPS) is 18.7. The second kappa shape index (κ2) is 9.02. The van der Waals surface area contributed by atoms with Gasteiger partial charge in [-0.1, -0.05) is 65.3 Å². The summed E-state index contributed by atoms with van der Waals surface area (Å²) in [6, 6.07) is 21.9. The number of halogens is 1. The number of phenolic OH excluding ortho intramolecular Hbond substituents is 1. The average Bonchev–Trinajstić information content (AvgIpc) is 2.79. The molecule has 0 amide bonds. The van der Waals surface area contributed by atoms with E-state index in [1.807, 2.05) is 36.4 Å². The van der Waals surface area contributed by atoms with E-state index < -0.39 is 0 Å². The average molecular weight is 465 g/mol. The van der Waals surface area contributed by atoms with Crippen LogP contribution in [0.15, 0.2) is 76.2 Å². The molecule has 4 rings (SSSR count). The third kappa shape index (κ3) is 4.27. The van der Waals surface area contributed by atoms with E-state index in [1.54, 1.807) is 13.2 Å². The summed E-state index contributed by atoms with van der Waals surface area (Å²) in [5.41, 5.74) is 5.24. The summed E-state index contributed by atoms with van der Waals surface area (Å²) in [5.74, 6) is 1.07. The van der Waals surface area contributed by atoms with Gasteiger partial charge in [-0.05, 0) is 41.8 Å². The van der Waals surface area contributed by atoms with E-state index in [2.05, 4.69) is 52.4 Å². The molecule has 30 heavy (non-hydrogen) atoms. The van der Waals surface area contributed by atoms with Crippen LogP contribution in [0.1, 0.15) is 47.8 Å². The Hall–Kier alpha value is -2.63. The molecule has 0 spiro atoms. The molecule has 0 saturated carbocycles. The van der Waals surface area contributed by atoms with Crippen molar-refractivity contribution in [3.8, 4) is 11.5 Å². The van der Waals surface area contributed by atoms with Crippen molar-refractivity contribution in [3.63, 3.8) is 0 Å². The first-order valence-electron chi connectivity index (χ1n) is 10.1. The number of hydrogen-bond acceptors (Lipinski definition) is 4. The van der Waals surface area contributed by atoms with Gasteiger partial charge < -0.3 is 9.84 Å². The first-order chi connectivity index (χ1) is 14.6. The largest absolute Gasteiger partial charge is 0.508 e. The maximum atomic E-state index is 10.5. The Morgan fingerprint density at radius 1 is 1.07 bits per heavy atom. The highest BCUT2D eigenvalue weighted by Gasteiger charge is 2.29. The Labute approximate surface area is 185 Å². The Morgan fingerprint density at radius 2 is 1.83 bits per heavy atom. The number of aryl methyl sites for hydroxylation is 1. The van der Waals surface area contributed by atoms with Crippen molar-refractivity contribution >= 4 is 21.6 Å². The predicted molar refractivity (Wildman–Crippen MR) is 124 cm³/mol. The van der Waals surface area contributed by atoms with Gasteiger partial charge in [0.2, 0.25) is 0 Å². The smallest absolute Gasteiger partial charge is 0.130 e. The first-order valence-corrected chi connectivity index (χ1v) is 10.9. The molecule has 0 saturated heterocycles. The number of nitrogens with zero attached hydrogens (tertiary/aromatic N) is 1. The maximum Gasteiger partial charge on any atom is 0.130 e. The van der Waals surface area contributed by atoms with E-state index >= 15 is 0 Å². The van der Waals surface area contributed by atoms with E-state index in [-0.39, 0.29) is 18.0 Å². The lowest BCUT2D eigenvalue weighted by atomic mass is 9.93. The van der Waals surface area contributed by atoms with Crippen LogP contribution in [-0.4, -0.2) is 17.9 Å². The molecule has 0 bridgehead atoms. The number of aliphatic imine (C=N–C) groups is 1. The zero-order valence-electron chi connectivity index (χ0n) is 17.1. The molecule has 2 N–H and O–H groups in total.